The fourth-order valence-electron chi connectivity index (χ4n) is 2.62. The summed E-state index contributed by atoms with van der Waals surface area (Å²) in [6.07, 6.45) is 0. The van der Waals surface area contributed by atoms with Crippen molar-refractivity contribution < 1.29 is 13.2 Å². The predicted molar refractivity (Wildman–Crippen MR) is 88.3 cm³/mol. The highest BCUT2D eigenvalue weighted by Gasteiger charge is 2.32. The van der Waals surface area contributed by atoms with Crippen molar-refractivity contribution in [1.29, 1.82) is 0 Å². The molecular formula is C16H16BrNO3S. The van der Waals surface area contributed by atoms with Crippen molar-refractivity contribution in [3.05, 3.63) is 57.6 Å². The van der Waals surface area contributed by atoms with E-state index in [2.05, 4.69) is 15.9 Å². The number of aryl methyl sites for hydroxylation is 1. The number of hydrogen-bond donors (Lipinski definition) is 0. The molecule has 2 aromatic carbocycles. The summed E-state index contributed by atoms with van der Waals surface area (Å²) in [6, 6.07) is 10.7. The lowest BCUT2D eigenvalue weighted by Crippen LogP contribution is -2.25. The van der Waals surface area contributed by atoms with Crippen LogP contribution in [-0.4, -0.2) is 19.8 Å². The molecule has 0 bridgehead atoms. The summed E-state index contributed by atoms with van der Waals surface area (Å²) < 4.78 is 33.3. The summed E-state index contributed by atoms with van der Waals surface area (Å²) >= 11 is 3.43. The standard InChI is InChI=1S/C16H16BrNO3S/c1-11-3-5-14(6-4-11)22(19,20)18-9-12-7-13(17)8-16(21-2)15(12)10-18/h3-8H,9-10H2,1-2H3. The zero-order chi connectivity index (χ0) is 15.9. The molecule has 1 aliphatic rings. The number of benzene rings is 2. The highest BCUT2D eigenvalue weighted by atomic mass is 79.9. The van der Waals surface area contributed by atoms with E-state index in [4.69, 9.17) is 4.74 Å². The maximum Gasteiger partial charge on any atom is 0.243 e. The molecular weight excluding hydrogens is 366 g/mol. The summed E-state index contributed by atoms with van der Waals surface area (Å²) in [5, 5.41) is 0. The van der Waals surface area contributed by atoms with Gasteiger partial charge in [0.1, 0.15) is 5.75 Å². The largest absolute Gasteiger partial charge is 0.496 e. The Kier molecular flexibility index (Phi) is 4.01. The van der Waals surface area contributed by atoms with Crippen molar-refractivity contribution in [2.24, 2.45) is 0 Å². The maximum absolute atomic E-state index is 12.8. The van der Waals surface area contributed by atoms with Crippen LogP contribution in [0.2, 0.25) is 0 Å². The fourth-order valence-corrected chi connectivity index (χ4v) is 4.49. The van der Waals surface area contributed by atoms with E-state index < -0.39 is 10.0 Å². The maximum atomic E-state index is 12.8. The van der Waals surface area contributed by atoms with Gasteiger partial charge in [0.2, 0.25) is 10.0 Å². The third-order valence-corrected chi connectivity index (χ3v) is 6.09. The first-order valence-electron chi connectivity index (χ1n) is 6.84. The third kappa shape index (κ3) is 2.66. The second-order valence-electron chi connectivity index (χ2n) is 5.33. The van der Waals surface area contributed by atoms with Gasteiger partial charge >= 0.3 is 0 Å². The number of hydrogen-bond acceptors (Lipinski definition) is 3. The van der Waals surface area contributed by atoms with Gasteiger partial charge in [-0.25, -0.2) is 8.42 Å². The molecule has 0 unspecified atom stereocenters. The second-order valence-corrected chi connectivity index (χ2v) is 8.19. The number of fused-ring (bicyclic) bond motifs is 1. The van der Waals surface area contributed by atoms with Crippen molar-refractivity contribution in [2.75, 3.05) is 7.11 Å². The number of halogens is 1. The molecule has 2 aromatic rings. The average Bonchev–Trinajstić information content (AvgIpc) is 2.91. The first-order valence-corrected chi connectivity index (χ1v) is 9.07. The van der Waals surface area contributed by atoms with E-state index >= 15 is 0 Å². The summed E-state index contributed by atoms with van der Waals surface area (Å²) in [4.78, 5) is 0.323. The fraction of sp³-hybridized carbons (Fsp3) is 0.250. The Morgan fingerprint density at radius 2 is 1.82 bits per heavy atom. The molecule has 0 atom stereocenters. The van der Waals surface area contributed by atoms with Crippen LogP contribution in [0.4, 0.5) is 0 Å². The van der Waals surface area contributed by atoms with Gasteiger partial charge in [-0.3, -0.25) is 0 Å². The van der Waals surface area contributed by atoms with Crippen LogP contribution < -0.4 is 4.74 Å². The molecule has 0 N–H and O–H groups in total. The molecule has 6 heteroatoms. The number of ether oxygens (including phenoxy) is 1. The lowest BCUT2D eigenvalue weighted by molar-refractivity contribution is 0.399. The van der Waals surface area contributed by atoms with Crippen molar-refractivity contribution in [2.45, 2.75) is 24.9 Å². The van der Waals surface area contributed by atoms with Crippen molar-refractivity contribution in [1.82, 2.24) is 4.31 Å². The van der Waals surface area contributed by atoms with Gasteiger partial charge in [-0.1, -0.05) is 33.6 Å². The van der Waals surface area contributed by atoms with Gasteiger partial charge in [0.15, 0.2) is 0 Å². The SMILES string of the molecule is COc1cc(Br)cc2c1CN(S(=O)(=O)c1ccc(C)cc1)C2. The molecule has 0 aliphatic carbocycles. The molecule has 0 saturated heterocycles. The topological polar surface area (TPSA) is 46.6 Å². The predicted octanol–water partition coefficient (Wildman–Crippen LogP) is 3.47. The minimum atomic E-state index is -3.50. The Hall–Kier alpha value is -1.37. The first-order chi connectivity index (χ1) is 10.4. The normalized spacial score (nSPS) is 14.9. The van der Waals surface area contributed by atoms with Crippen LogP contribution in [0.15, 0.2) is 45.8 Å². The zero-order valence-corrected chi connectivity index (χ0v) is 14.7. The molecule has 0 aromatic heterocycles. The van der Waals surface area contributed by atoms with Crippen LogP contribution in [0.1, 0.15) is 16.7 Å². The number of sulfonamides is 1. The molecule has 0 amide bonds. The number of rotatable bonds is 3. The van der Waals surface area contributed by atoms with Gasteiger partial charge in [0, 0.05) is 23.1 Å². The molecule has 0 spiro atoms. The van der Waals surface area contributed by atoms with Crippen LogP contribution in [-0.2, 0) is 23.1 Å². The van der Waals surface area contributed by atoms with Crippen molar-refractivity contribution in [3.63, 3.8) is 0 Å². The summed E-state index contributed by atoms with van der Waals surface area (Å²) in [7, 11) is -1.90. The first kappa shape index (κ1) is 15.5. The van der Waals surface area contributed by atoms with E-state index in [1.54, 1.807) is 19.2 Å². The Labute approximate surface area is 138 Å². The van der Waals surface area contributed by atoms with Gasteiger partial charge in [0.25, 0.3) is 0 Å². The summed E-state index contributed by atoms with van der Waals surface area (Å²) in [5.74, 6) is 0.714. The molecule has 1 aliphatic heterocycles. The monoisotopic (exact) mass is 381 g/mol. The lowest BCUT2D eigenvalue weighted by Gasteiger charge is -2.15. The third-order valence-electron chi connectivity index (χ3n) is 3.83. The second kappa shape index (κ2) is 5.68. The molecule has 0 saturated carbocycles. The molecule has 116 valence electrons. The Morgan fingerprint density at radius 1 is 1.14 bits per heavy atom. The summed E-state index contributed by atoms with van der Waals surface area (Å²) in [5.41, 5.74) is 2.94. The average molecular weight is 382 g/mol. The van der Waals surface area contributed by atoms with Crippen LogP contribution >= 0.6 is 15.9 Å². The van der Waals surface area contributed by atoms with Crippen LogP contribution in [0.25, 0.3) is 0 Å². The summed E-state index contributed by atoms with van der Waals surface area (Å²) in [6.45, 7) is 2.63. The van der Waals surface area contributed by atoms with E-state index in [9.17, 15) is 8.42 Å². The molecule has 3 rings (SSSR count). The number of nitrogens with zero attached hydrogens (tertiary/aromatic N) is 1. The quantitative estimate of drug-likeness (QED) is 0.817. The van der Waals surface area contributed by atoms with Gasteiger partial charge in [0.05, 0.1) is 12.0 Å². The van der Waals surface area contributed by atoms with E-state index in [0.29, 0.717) is 23.7 Å². The van der Waals surface area contributed by atoms with E-state index in [1.165, 1.54) is 4.31 Å². The van der Waals surface area contributed by atoms with Crippen LogP contribution in [0.3, 0.4) is 0 Å². The van der Waals surface area contributed by atoms with Gasteiger partial charge in [-0.2, -0.15) is 4.31 Å². The van der Waals surface area contributed by atoms with Gasteiger partial charge < -0.3 is 4.74 Å². The van der Waals surface area contributed by atoms with E-state index in [-0.39, 0.29) is 0 Å². The van der Waals surface area contributed by atoms with Gasteiger partial charge in [-0.15, -0.1) is 0 Å². The Balaban J connectivity index is 1.97. The minimum absolute atomic E-state index is 0.323. The van der Waals surface area contributed by atoms with Crippen molar-refractivity contribution >= 4 is 26.0 Å². The van der Waals surface area contributed by atoms with Crippen LogP contribution in [0.5, 0.6) is 5.75 Å². The molecule has 0 radical (unpaired) electrons. The van der Waals surface area contributed by atoms with E-state index in [0.717, 1.165) is 21.2 Å². The Morgan fingerprint density at radius 3 is 2.45 bits per heavy atom. The Bertz CT molecular complexity index is 816. The molecule has 4 nitrogen and oxygen atoms in total. The minimum Gasteiger partial charge on any atom is -0.496 e. The van der Waals surface area contributed by atoms with Crippen molar-refractivity contribution in [3.8, 4) is 5.75 Å². The van der Waals surface area contributed by atoms with Gasteiger partial charge in [-0.05, 0) is 36.8 Å². The van der Waals surface area contributed by atoms with E-state index in [1.807, 2.05) is 31.2 Å². The highest BCUT2D eigenvalue weighted by Crippen LogP contribution is 2.36. The van der Waals surface area contributed by atoms with Crippen LogP contribution in [0, 0.1) is 6.92 Å². The molecule has 1 heterocycles. The molecule has 22 heavy (non-hydrogen) atoms. The smallest absolute Gasteiger partial charge is 0.243 e. The highest BCUT2D eigenvalue weighted by molar-refractivity contribution is 9.10. The zero-order valence-electron chi connectivity index (χ0n) is 12.3. The lowest BCUT2D eigenvalue weighted by atomic mass is 10.1. The number of methoxy groups -OCH3 is 1. The molecule has 0 fully saturated rings.